The topological polar surface area (TPSA) is 41.5 Å². The SMILES string of the molecule is Cc1ccc(C)c(CC(=O)N/N=C/c2cc(Br)c(C)c(Br)c2)c1. The number of benzene rings is 2. The Labute approximate surface area is 153 Å². The van der Waals surface area contributed by atoms with Crippen LogP contribution < -0.4 is 5.43 Å². The smallest absolute Gasteiger partial charge is 0.244 e. The molecule has 1 amide bonds. The van der Waals surface area contributed by atoms with Gasteiger partial charge in [0.1, 0.15) is 0 Å². The number of hydrazone groups is 1. The minimum Gasteiger partial charge on any atom is -0.273 e. The van der Waals surface area contributed by atoms with E-state index in [9.17, 15) is 4.79 Å². The highest BCUT2D eigenvalue weighted by Gasteiger charge is 2.06. The summed E-state index contributed by atoms with van der Waals surface area (Å²) in [4.78, 5) is 12.0. The van der Waals surface area contributed by atoms with Gasteiger partial charge in [-0.3, -0.25) is 4.79 Å². The van der Waals surface area contributed by atoms with E-state index in [4.69, 9.17) is 0 Å². The van der Waals surface area contributed by atoms with Gasteiger partial charge in [0.25, 0.3) is 0 Å². The third-order valence-corrected chi connectivity index (χ3v) is 5.21. The summed E-state index contributed by atoms with van der Waals surface area (Å²) in [6.07, 6.45) is 1.96. The summed E-state index contributed by atoms with van der Waals surface area (Å²) in [7, 11) is 0. The van der Waals surface area contributed by atoms with Crippen molar-refractivity contribution in [3.63, 3.8) is 0 Å². The van der Waals surface area contributed by atoms with Gasteiger partial charge in [0.15, 0.2) is 0 Å². The Bertz CT molecular complexity index is 747. The fourth-order valence-corrected chi connectivity index (χ4v) is 3.34. The van der Waals surface area contributed by atoms with E-state index in [1.165, 1.54) is 0 Å². The third-order valence-electron chi connectivity index (χ3n) is 3.56. The molecule has 0 saturated heterocycles. The maximum absolute atomic E-state index is 12.0. The molecule has 0 bridgehead atoms. The summed E-state index contributed by atoms with van der Waals surface area (Å²) in [5.41, 5.74) is 7.90. The second kappa shape index (κ2) is 7.88. The fraction of sp³-hybridized carbons (Fsp3) is 0.222. The van der Waals surface area contributed by atoms with Crippen LogP contribution in [0.15, 0.2) is 44.4 Å². The van der Waals surface area contributed by atoms with Crippen LogP contribution in [0.3, 0.4) is 0 Å². The highest BCUT2D eigenvalue weighted by Crippen LogP contribution is 2.25. The Morgan fingerprint density at radius 2 is 1.78 bits per heavy atom. The molecule has 3 nitrogen and oxygen atoms in total. The van der Waals surface area contributed by atoms with Gasteiger partial charge in [-0.15, -0.1) is 0 Å². The van der Waals surface area contributed by atoms with Crippen LogP contribution in [-0.2, 0) is 11.2 Å². The van der Waals surface area contributed by atoms with Crippen molar-refractivity contribution in [2.24, 2.45) is 5.10 Å². The minimum atomic E-state index is -0.125. The first-order valence-corrected chi connectivity index (χ1v) is 8.79. The van der Waals surface area contributed by atoms with Crippen LogP contribution in [0.5, 0.6) is 0 Å². The molecule has 0 fully saturated rings. The lowest BCUT2D eigenvalue weighted by molar-refractivity contribution is -0.120. The van der Waals surface area contributed by atoms with Crippen LogP contribution in [-0.4, -0.2) is 12.1 Å². The van der Waals surface area contributed by atoms with Crippen LogP contribution in [0.2, 0.25) is 0 Å². The maximum Gasteiger partial charge on any atom is 0.244 e. The summed E-state index contributed by atoms with van der Waals surface area (Å²) < 4.78 is 1.99. The predicted molar refractivity (Wildman–Crippen MR) is 102 cm³/mol. The second-order valence-electron chi connectivity index (χ2n) is 5.51. The number of carbonyl (C=O) groups is 1. The van der Waals surface area contributed by atoms with Crippen molar-refractivity contribution in [3.05, 3.63) is 67.1 Å². The average molecular weight is 438 g/mol. The summed E-state index contributed by atoms with van der Waals surface area (Å²) in [6, 6.07) is 10.0. The molecule has 0 atom stereocenters. The second-order valence-corrected chi connectivity index (χ2v) is 7.22. The zero-order chi connectivity index (χ0) is 17.0. The Morgan fingerprint density at radius 1 is 1.13 bits per heavy atom. The minimum absolute atomic E-state index is 0.125. The predicted octanol–water partition coefficient (Wildman–Crippen LogP) is 4.83. The normalized spacial score (nSPS) is 11.0. The van der Waals surface area contributed by atoms with Crippen molar-refractivity contribution in [2.75, 3.05) is 0 Å². The van der Waals surface area contributed by atoms with Crippen molar-refractivity contribution in [2.45, 2.75) is 27.2 Å². The maximum atomic E-state index is 12.0. The zero-order valence-corrected chi connectivity index (χ0v) is 16.5. The van der Waals surface area contributed by atoms with Crippen molar-refractivity contribution < 1.29 is 4.79 Å². The molecule has 5 heteroatoms. The molecule has 0 aromatic heterocycles. The number of nitrogens with one attached hydrogen (secondary N) is 1. The van der Waals surface area contributed by atoms with Gasteiger partial charge in [0.2, 0.25) is 5.91 Å². The first-order valence-electron chi connectivity index (χ1n) is 7.20. The zero-order valence-electron chi connectivity index (χ0n) is 13.3. The number of halogens is 2. The molecule has 2 aromatic carbocycles. The number of aryl methyl sites for hydroxylation is 2. The molecule has 0 aliphatic heterocycles. The summed E-state index contributed by atoms with van der Waals surface area (Å²) >= 11 is 7.00. The molecule has 0 heterocycles. The lowest BCUT2D eigenvalue weighted by atomic mass is 10.0. The Kier molecular flexibility index (Phi) is 6.13. The van der Waals surface area contributed by atoms with Gasteiger partial charge in [-0.1, -0.05) is 55.6 Å². The largest absolute Gasteiger partial charge is 0.273 e. The van der Waals surface area contributed by atoms with E-state index < -0.39 is 0 Å². The molecule has 0 spiro atoms. The highest BCUT2D eigenvalue weighted by molar-refractivity contribution is 9.11. The molecule has 2 rings (SSSR count). The first-order chi connectivity index (χ1) is 10.9. The summed E-state index contributed by atoms with van der Waals surface area (Å²) in [6.45, 7) is 6.04. The van der Waals surface area contributed by atoms with Crippen molar-refractivity contribution in [3.8, 4) is 0 Å². The van der Waals surface area contributed by atoms with E-state index in [1.54, 1.807) is 6.21 Å². The number of rotatable bonds is 4. The number of carbonyl (C=O) groups excluding carboxylic acids is 1. The molecule has 2 aromatic rings. The molecular weight excluding hydrogens is 420 g/mol. The van der Waals surface area contributed by atoms with E-state index in [2.05, 4.69) is 42.4 Å². The molecular formula is C18H18Br2N2O. The molecule has 1 N–H and O–H groups in total. The van der Waals surface area contributed by atoms with Gasteiger partial charge in [-0.25, -0.2) is 5.43 Å². The molecule has 23 heavy (non-hydrogen) atoms. The van der Waals surface area contributed by atoms with Crippen LogP contribution in [0, 0.1) is 20.8 Å². The van der Waals surface area contributed by atoms with Gasteiger partial charge in [0.05, 0.1) is 12.6 Å². The van der Waals surface area contributed by atoms with E-state index in [1.807, 2.05) is 51.1 Å². The lowest BCUT2D eigenvalue weighted by Crippen LogP contribution is -2.20. The third kappa shape index (κ3) is 5.01. The lowest BCUT2D eigenvalue weighted by Gasteiger charge is -2.06. The van der Waals surface area contributed by atoms with E-state index >= 15 is 0 Å². The van der Waals surface area contributed by atoms with Gasteiger partial charge >= 0.3 is 0 Å². The van der Waals surface area contributed by atoms with Crippen molar-refractivity contribution in [1.82, 2.24) is 5.43 Å². The van der Waals surface area contributed by atoms with Crippen LogP contribution in [0.1, 0.15) is 27.8 Å². The summed E-state index contributed by atoms with van der Waals surface area (Å²) in [5, 5.41) is 4.04. The monoisotopic (exact) mass is 436 g/mol. The molecule has 0 aliphatic rings. The van der Waals surface area contributed by atoms with E-state index in [0.717, 1.165) is 36.8 Å². The quantitative estimate of drug-likeness (QED) is 0.540. The standard InChI is InChI=1S/C18H18Br2N2O/c1-11-4-5-12(2)15(6-11)9-18(23)22-21-10-14-7-16(19)13(3)17(20)8-14/h4-8,10H,9H2,1-3H3,(H,22,23)/b21-10+. The van der Waals surface area contributed by atoms with Gasteiger partial charge < -0.3 is 0 Å². The van der Waals surface area contributed by atoms with Gasteiger partial charge in [-0.05, 0) is 55.2 Å². The number of hydrogen-bond acceptors (Lipinski definition) is 2. The van der Waals surface area contributed by atoms with Crippen LogP contribution in [0.4, 0.5) is 0 Å². The highest BCUT2D eigenvalue weighted by atomic mass is 79.9. The average Bonchev–Trinajstić information content (AvgIpc) is 2.48. The van der Waals surface area contributed by atoms with E-state index in [-0.39, 0.29) is 5.91 Å². The summed E-state index contributed by atoms with van der Waals surface area (Å²) in [5.74, 6) is -0.125. The number of nitrogens with zero attached hydrogens (tertiary/aromatic N) is 1. The van der Waals surface area contributed by atoms with Gasteiger partial charge in [-0.2, -0.15) is 5.10 Å². The molecule has 0 aliphatic carbocycles. The van der Waals surface area contributed by atoms with Gasteiger partial charge in [0, 0.05) is 8.95 Å². The van der Waals surface area contributed by atoms with E-state index in [0.29, 0.717) is 6.42 Å². The Balaban J connectivity index is 2.00. The molecule has 0 saturated carbocycles. The van der Waals surface area contributed by atoms with Crippen molar-refractivity contribution >= 4 is 44.0 Å². The number of hydrogen-bond donors (Lipinski definition) is 1. The van der Waals surface area contributed by atoms with Crippen LogP contribution in [0.25, 0.3) is 0 Å². The molecule has 0 radical (unpaired) electrons. The van der Waals surface area contributed by atoms with Crippen molar-refractivity contribution in [1.29, 1.82) is 0 Å². The first kappa shape index (κ1) is 17.9. The Hall–Kier alpha value is -1.46. The number of amides is 1. The Morgan fingerprint density at radius 3 is 2.43 bits per heavy atom. The molecule has 0 unspecified atom stereocenters. The fourth-order valence-electron chi connectivity index (χ4n) is 2.12. The van der Waals surface area contributed by atoms with Crippen LogP contribution >= 0.6 is 31.9 Å². The molecule has 120 valence electrons.